The summed E-state index contributed by atoms with van der Waals surface area (Å²) in [6, 6.07) is 10.5. The molecule has 2 aliphatic rings. The Bertz CT molecular complexity index is 1110. The molecule has 140 valence electrons. The van der Waals surface area contributed by atoms with Crippen LogP contribution in [-0.4, -0.2) is 11.6 Å². The summed E-state index contributed by atoms with van der Waals surface area (Å²) in [5.74, 6) is -0.0309. The molecule has 1 aromatic heterocycles. The van der Waals surface area contributed by atoms with Gasteiger partial charge in [0.2, 0.25) is 0 Å². The van der Waals surface area contributed by atoms with Crippen molar-refractivity contribution >= 4 is 23.0 Å². The maximum Gasteiger partial charge on any atom is 0.259 e. The van der Waals surface area contributed by atoms with Gasteiger partial charge in [-0.3, -0.25) is 4.79 Å². The van der Waals surface area contributed by atoms with Gasteiger partial charge in [-0.2, -0.15) is 5.26 Å². The molecule has 1 aliphatic heterocycles. The van der Waals surface area contributed by atoms with E-state index in [4.69, 9.17) is 16.0 Å². The highest BCUT2D eigenvalue weighted by atomic mass is 32.1. The van der Waals surface area contributed by atoms with Gasteiger partial charge in [0, 0.05) is 34.8 Å². The van der Waals surface area contributed by atoms with Crippen molar-refractivity contribution in [3.8, 4) is 6.07 Å². The number of allylic oxidation sites excluding steroid dienone is 3. The predicted molar refractivity (Wildman–Crippen MR) is 113 cm³/mol. The molecular weight excluding hydrogens is 366 g/mol. The molecule has 0 radical (unpaired) electrons. The van der Waals surface area contributed by atoms with Crippen LogP contribution in [0.25, 0.3) is 0 Å². The van der Waals surface area contributed by atoms with Crippen molar-refractivity contribution in [3.05, 3.63) is 79.7 Å². The number of fused-ring (bicyclic) bond motifs is 1. The number of thiophene rings is 1. The van der Waals surface area contributed by atoms with Crippen LogP contribution in [0.2, 0.25) is 0 Å². The number of nitrogens with two attached hydrogens (primary N) is 1. The van der Waals surface area contributed by atoms with Gasteiger partial charge in [-0.1, -0.05) is 35.9 Å². The second-order valence-corrected chi connectivity index (χ2v) is 8.37. The first-order chi connectivity index (χ1) is 13.5. The summed E-state index contributed by atoms with van der Waals surface area (Å²) in [4.78, 5) is 18.7. The normalized spacial score (nSPS) is 17.6. The molecule has 4 nitrogen and oxygen atoms in total. The van der Waals surface area contributed by atoms with E-state index in [1.807, 2.05) is 13.0 Å². The highest BCUT2D eigenvalue weighted by molar-refractivity contribution is 7.14. The number of amides is 1. The van der Waals surface area contributed by atoms with E-state index in [9.17, 15) is 4.79 Å². The number of nitrogens with zero attached hydrogens (tertiary/aromatic N) is 2. The fourth-order valence-electron chi connectivity index (χ4n) is 3.76. The number of hydrogen-bond acceptors (Lipinski definition) is 4. The first-order valence-corrected chi connectivity index (χ1v) is 10.2. The van der Waals surface area contributed by atoms with Crippen molar-refractivity contribution < 1.29 is 4.79 Å². The molecular formula is C23H21N3OS. The third-order valence-corrected chi connectivity index (χ3v) is 6.55. The van der Waals surface area contributed by atoms with Crippen molar-refractivity contribution in [3.63, 3.8) is 0 Å². The molecule has 2 aromatic rings. The van der Waals surface area contributed by atoms with E-state index in [1.165, 1.54) is 16.9 Å². The highest BCUT2D eigenvalue weighted by Gasteiger charge is 2.30. The minimum atomic E-state index is -0.384. The molecule has 1 amide bonds. The van der Waals surface area contributed by atoms with Gasteiger partial charge in [0.1, 0.15) is 0 Å². The molecule has 0 spiro atoms. The number of hydrogen-bond donors (Lipinski definition) is 1. The van der Waals surface area contributed by atoms with E-state index in [2.05, 4.69) is 43.3 Å². The standard InChI is InChI=1S/C23H21N3OS/c1-13-5-3-6-16(11-13)21-20-14(2)22(23(25)27)28-19(20)9-8-18(26-21)17-12-15(17)7-4-10-24/h3,5-6,8,11-12,15H,4,7,9H2,1-2H3,(H2,25,27). The first-order valence-electron chi connectivity index (χ1n) is 9.37. The lowest BCUT2D eigenvalue weighted by atomic mass is 9.97. The number of primary amides is 1. The molecule has 1 unspecified atom stereocenters. The van der Waals surface area contributed by atoms with E-state index in [1.54, 1.807) is 0 Å². The molecule has 5 heteroatoms. The molecule has 0 saturated carbocycles. The highest BCUT2D eigenvalue weighted by Crippen LogP contribution is 2.42. The van der Waals surface area contributed by atoms with Gasteiger partial charge in [0.05, 0.1) is 22.4 Å². The van der Waals surface area contributed by atoms with Crippen molar-refractivity contribution in [2.45, 2.75) is 33.1 Å². The zero-order chi connectivity index (χ0) is 19.8. The number of carbonyl (C=O) groups excluding carboxylic acids is 1. The number of aryl methyl sites for hydroxylation is 1. The number of rotatable bonds is 5. The summed E-state index contributed by atoms with van der Waals surface area (Å²) in [5.41, 5.74) is 12.9. The lowest BCUT2D eigenvalue weighted by Gasteiger charge is -2.10. The van der Waals surface area contributed by atoms with Crippen molar-refractivity contribution in [2.24, 2.45) is 16.6 Å². The Hall–Kier alpha value is -2.97. The largest absolute Gasteiger partial charge is 0.365 e. The minimum absolute atomic E-state index is 0.354. The molecule has 4 rings (SSSR count). The molecule has 2 N–H and O–H groups in total. The number of aliphatic imine (C=N–C) groups is 1. The van der Waals surface area contributed by atoms with Gasteiger partial charge in [0.15, 0.2) is 0 Å². The second kappa shape index (κ2) is 7.21. The van der Waals surface area contributed by atoms with Gasteiger partial charge in [-0.05, 0) is 37.5 Å². The Morgan fingerprint density at radius 3 is 2.93 bits per heavy atom. The lowest BCUT2D eigenvalue weighted by molar-refractivity contribution is 0.100. The third kappa shape index (κ3) is 3.32. The van der Waals surface area contributed by atoms with Crippen LogP contribution >= 0.6 is 11.3 Å². The molecule has 1 atom stereocenters. The zero-order valence-corrected chi connectivity index (χ0v) is 16.8. The van der Waals surface area contributed by atoms with Crippen molar-refractivity contribution in [1.29, 1.82) is 5.26 Å². The SMILES string of the molecule is Cc1cccc(C2=NC(C3=CC3CCC#N)=CCc3sc(C(N)=O)c(C)c32)c1. The molecule has 1 aromatic carbocycles. The maximum atomic E-state index is 11.9. The Kier molecular flexibility index (Phi) is 4.74. The summed E-state index contributed by atoms with van der Waals surface area (Å²) in [6.07, 6.45) is 6.47. The quantitative estimate of drug-likeness (QED) is 0.813. The van der Waals surface area contributed by atoms with E-state index >= 15 is 0 Å². The van der Waals surface area contributed by atoms with Crippen molar-refractivity contribution in [2.75, 3.05) is 0 Å². The maximum absolute atomic E-state index is 11.9. The summed E-state index contributed by atoms with van der Waals surface area (Å²) in [6.45, 7) is 4.02. The molecule has 1 aliphatic carbocycles. The van der Waals surface area contributed by atoms with Crippen LogP contribution in [0.5, 0.6) is 0 Å². The molecule has 28 heavy (non-hydrogen) atoms. The monoisotopic (exact) mass is 387 g/mol. The summed E-state index contributed by atoms with van der Waals surface area (Å²) < 4.78 is 0. The van der Waals surface area contributed by atoms with E-state index < -0.39 is 0 Å². The van der Waals surface area contributed by atoms with E-state index in [0.29, 0.717) is 17.2 Å². The van der Waals surface area contributed by atoms with Gasteiger partial charge in [-0.15, -0.1) is 11.3 Å². The third-order valence-electron chi connectivity index (χ3n) is 5.22. The van der Waals surface area contributed by atoms with Crippen LogP contribution in [0.1, 0.15) is 49.6 Å². The van der Waals surface area contributed by atoms with Gasteiger partial charge >= 0.3 is 0 Å². The van der Waals surface area contributed by atoms with E-state index in [-0.39, 0.29) is 5.91 Å². The fourth-order valence-corrected chi connectivity index (χ4v) is 4.88. The molecule has 2 heterocycles. The van der Waals surface area contributed by atoms with Gasteiger partial charge in [-0.25, -0.2) is 4.99 Å². The van der Waals surface area contributed by atoms with Crippen LogP contribution in [0, 0.1) is 31.1 Å². The van der Waals surface area contributed by atoms with Crippen molar-refractivity contribution in [1.82, 2.24) is 0 Å². The summed E-state index contributed by atoms with van der Waals surface area (Å²) >= 11 is 1.47. The molecule has 0 fully saturated rings. The average molecular weight is 388 g/mol. The number of benzene rings is 1. The van der Waals surface area contributed by atoms with Gasteiger partial charge < -0.3 is 5.73 Å². The number of nitriles is 1. The minimum Gasteiger partial charge on any atom is -0.365 e. The molecule has 0 bridgehead atoms. The smallest absolute Gasteiger partial charge is 0.259 e. The van der Waals surface area contributed by atoms with Crippen LogP contribution < -0.4 is 5.73 Å². The van der Waals surface area contributed by atoms with Gasteiger partial charge in [0.25, 0.3) is 5.91 Å². The second-order valence-electron chi connectivity index (χ2n) is 7.27. The zero-order valence-electron chi connectivity index (χ0n) is 16.0. The van der Waals surface area contributed by atoms with Crippen LogP contribution in [-0.2, 0) is 6.42 Å². The number of carbonyl (C=O) groups is 1. The Morgan fingerprint density at radius 2 is 2.21 bits per heavy atom. The fraction of sp³-hybridized carbons (Fsp3) is 0.261. The topological polar surface area (TPSA) is 79.2 Å². The Balaban J connectivity index is 1.81. The first kappa shape index (κ1) is 18.4. The summed E-state index contributed by atoms with van der Waals surface area (Å²) in [7, 11) is 0. The van der Waals surface area contributed by atoms with E-state index in [0.717, 1.165) is 51.4 Å². The Labute approximate surface area is 168 Å². The summed E-state index contributed by atoms with van der Waals surface area (Å²) in [5, 5.41) is 8.84. The van der Waals surface area contributed by atoms with Crippen LogP contribution in [0.3, 0.4) is 0 Å². The van der Waals surface area contributed by atoms with Crippen LogP contribution in [0.15, 0.2) is 52.7 Å². The Morgan fingerprint density at radius 1 is 1.39 bits per heavy atom. The predicted octanol–water partition coefficient (Wildman–Crippen LogP) is 4.60. The average Bonchev–Trinajstić information content (AvgIpc) is 3.39. The molecule has 0 saturated heterocycles. The van der Waals surface area contributed by atoms with Crippen LogP contribution in [0.4, 0.5) is 0 Å². The lowest BCUT2D eigenvalue weighted by Crippen LogP contribution is -2.12.